The first-order valence-corrected chi connectivity index (χ1v) is 7.14. The third kappa shape index (κ3) is 2.57. The number of aromatic nitrogens is 1. The molecule has 20 heavy (non-hydrogen) atoms. The van der Waals surface area contributed by atoms with Gasteiger partial charge in [0.05, 0.1) is 15.8 Å². The molecule has 3 amide bonds. The zero-order valence-corrected chi connectivity index (χ0v) is 12.2. The van der Waals surface area contributed by atoms with Crippen molar-refractivity contribution in [1.29, 1.82) is 0 Å². The number of carbonyl (C=O) groups is 2. The molecule has 0 spiro atoms. The summed E-state index contributed by atoms with van der Waals surface area (Å²) >= 11 is 1.29. The van der Waals surface area contributed by atoms with Gasteiger partial charge in [-0.05, 0) is 26.0 Å². The van der Waals surface area contributed by atoms with Crippen molar-refractivity contribution in [2.24, 2.45) is 5.73 Å². The number of hydrogen-bond acceptors (Lipinski definition) is 4. The van der Waals surface area contributed by atoms with Crippen molar-refractivity contribution in [1.82, 2.24) is 10.3 Å². The lowest BCUT2D eigenvalue weighted by molar-refractivity contribution is 0.0957. The SMILES string of the molecule is CCNC(=O)c1cccc2nc(N(CC)C(N)=O)sc12. The molecule has 1 aromatic heterocycles. The minimum Gasteiger partial charge on any atom is -0.352 e. The van der Waals surface area contributed by atoms with Crippen LogP contribution in [0.3, 0.4) is 0 Å². The fraction of sp³-hybridized carbons (Fsp3) is 0.308. The van der Waals surface area contributed by atoms with Crippen molar-refractivity contribution in [3.63, 3.8) is 0 Å². The Labute approximate surface area is 120 Å². The highest BCUT2D eigenvalue weighted by Crippen LogP contribution is 2.31. The van der Waals surface area contributed by atoms with Crippen LogP contribution in [0.4, 0.5) is 9.93 Å². The second-order valence-electron chi connectivity index (χ2n) is 4.09. The van der Waals surface area contributed by atoms with E-state index in [0.717, 1.165) is 4.70 Å². The Kier molecular flexibility index (Phi) is 4.19. The quantitative estimate of drug-likeness (QED) is 0.902. The number of thiazole rings is 1. The lowest BCUT2D eigenvalue weighted by atomic mass is 10.2. The van der Waals surface area contributed by atoms with Crippen molar-refractivity contribution in [2.45, 2.75) is 13.8 Å². The average molecular weight is 292 g/mol. The number of nitrogens with two attached hydrogens (primary N) is 1. The van der Waals surface area contributed by atoms with Crippen LogP contribution >= 0.6 is 11.3 Å². The normalized spacial score (nSPS) is 10.5. The van der Waals surface area contributed by atoms with Gasteiger partial charge in [-0.25, -0.2) is 9.78 Å². The van der Waals surface area contributed by atoms with E-state index in [4.69, 9.17) is 5.73 Å². The molecular formula is C13H16N4O2S. The molecule has 0 radical (unpaired) electrons. The van der Waals surface area contributed by atoms with Gasteiger partial charge < -0.3 is 11.1 Å². The predicted molar refractivity (Wildman–Crippen MR) is 80.2 cm³/mol. The van der Waals surface area contributed by atoms with E-state index < -0.39 is 6.03 Å². The van der Waals surface area contributed by atoms with Crippen LogP contribution in [-0.2, 0) is 0 Å². The third-order valence-electron chi connectivity index (χ3n) is 2.80. The first-order valence-electron chi connectivity index (χ1n) is 6.33. The van der Waals surface area contributed by atoms with Gasteiger partial charge in [0.1, 0.15) is 0 Å². The first-order chi connectivity index (χ1) is 9.58. The summed E-state index contributed by atoms with van der Waals surface area (Å²) in [4.78, 5) is 29.1. The molecule has 1 aromatic carbocycles. The number of fused-ring (bicyclic) bond motifs is 1. The molecule has 0 unspecified atom stereocenters. The van der Waals surface area contributed by atoms with Gasteiger partial charge in [0, 0.05) is 13.1 Å². The summed E-state index contributed by atoms with van der Waals surface area (Å²) in [5, 5.41) is 3.27. The molecule has 6 nitrogen and oxygen atoms in total. The number of hydrogen-bond donors (Lipinski definition) is 2. The third-order valence-corrected chi connectivity index (χ3v) is 3.93. The maximum atomic E-state index is 12.0. The van der Waals surface area contributed by atoms with Crippen LogP contribution in [-0.4, -0.2) is 30.0 Å². The van der Waals surface area contributed by atoms with Crippen molar-refractivity contribution in [2.75, 3.05) is 18.0 Å². The van der Waals surface area contributed by atoms with Crippen LogP contribution in [0.15, 0.2) is 18.2 Å². The van der Waals surface area contributed by atoms with E-state index in [1.807, 2.05) is 19.9 Å². The van der Waals surface area contributed by atoms with Gasteiger partial charge in [-0.2, -0.15) is 0 Å². The number of anilines is 1. The van der Waals surface area contributed by atoms with E-state index in [1.165, 1.54) is 16.2 Å². The fourth-order valence-electron chi connectivity index (χ4n) is 1.87. The van der Waals surface area contributed by atoms with E-state index in [2.05, 4.69) is 10.3 Å². The molecule has 3 N–H and O–H groups in total. The number of benzene rings is 1. The van der Waals surface area contributed by atoms with Crippen LogP contribution < -0.4 is 16.0 Å². The monoisotopic (exact) mass is 292 g/mol. The summed E-state index contributed by atoms with van der Waals surface area (Å²) in [5.41, 5.74) is 6.57. The molecule has 0 saturated carbocycles. The number of carbonyl (C=O) groups excluding carboxylic acids is 2. The summed E-state index contributed by atoms with van der Waals surface area (Å²) in [6.07, 6.45) is 0. The maximum absolute atomic E-state index is 12.0. The van der Waals surface area contributed by atoms with Crippen molar-refractivity contribution < 1.29 is 9.59 Å². The summed E-state index contributed by atoms with van der Waals surface area (Å²) in [7, 11) is 0. The predicted octanol–water partition coefficient (Wildman–Crippen LogP) is 1.95. The minimum absolute atomic E-state index is 0.143. The van der Waals surface area contributed by atoms with Crippen molar-refractivity contribution >= 4 is 38.6 Å². The highest BCUT2D eigenvalue weighted by atomic mass is 32.1. The largest absolute Gasteiger partial charge is 0.352 e. The van der Waals surface area contributed by atoms with Gasteiger partial charge in [0.2, 0.25) is 0 Å². The molecule has 0 bridgehead atoms. The summed E-state index contributed by atoms with van der Waals surface area (Å²) in [6, 6.07) is 4.78. The topological polar surface area (TPSA) is 88.3 Å². The minimum atomic E-state index is -0.550. The molecule has 2 aromatic rings. The lowest BCUT2D eigenvalue weighted by Gasteiger charge is -2.13. The van der Waals surface area contributed by atoms with Crippen LogP contribution in [0.2, 0.25) is 0 Å². The highest BCUT2D eigenvalue weighted by molar-refractivity contribution is 7.22. The molecule has 2 rings (SSSR count). The first kappa shape index (κ1) is 14.3. The molecule has 0 aliphatic carbocycles. The van der Waals surface area contributed by atoms with Gasteiger partial charge >= 0.3 is 6.03 Å². The van der Waals surface area contributed by atoms with Crippen LogP contribution in [0.1, 0.15) is 24.2 Å². The number of primary amides is 1. The number of nitrogens with zero attached hydrogens (tertiary/aromatic N) is 2. The summed E-state index contributed by atoms with van der Waals surface area (Å²) < 4.78 is 0.758. The van der Waals surface area contributed by atoms with Crippen LogP contribution in [0.25, 0.3) is 10.2 Å². The number of urea groups is 1. The van der Waals surface area contributed by atoms with Crippen LogP contribution in [0.5, 0.6) is 0 Å². The molecule has 0 aliphatic rings. The Bertz CT molecular complexity index is 653. The lowest BCUT2D eigenvalue weighted by Crippen LogP contribution is -2.35. The van der Waals surface area contributed by atoms with Gasteiger partial charge in [0.25, 0.3) is 5.91 Å². The Balaban J connectivity index is 2.51. The Hall–Kier alpha value is -2.15. The zero-order valence-electron chi connectivity index (χ0n) is 11.3. The number of rotatable bonds is 4. The standard InChI is InChI=1S/C13H16N4O2S/c1-3-15-11(18)8-6-5-7-9-10(8)20-13(16-9)17(4-2)12(14)19/h5-7H,3-4H2,1-2H3,(H2,14,19)(H,15,18). The Morgan fingerprint density at radius 3 is 2.75 bits per heavy atom. The van der Waals surface area contributed by atoms with Crippen LogP contribution in [0, 0.1) is 0 Å². The smallest absolute Gasteiger partial charge is 0.321 e. The molecule has 0 fully saturated rings. The summed E-state index contributed by atoms with van der Waals surface area (Å²) in [5.74, 6) is -0.143. The molecule has 0 saturated heterocycles. The fourth-order valence-corrected chi connectivity index (χ4v) is 3.02. The Morgan fingerprint density at radius 2 is 2.15 bits per heavy atom. The molecule has 1 heterocycles. The van der Waals surface area contributed by atoms with E-state index >= 15 is 0 Å². The molecule has 0 aliphatic heterocycles. The molecule has 7 heteroatoms. The highest BCUT2D eigenvalue weighted by Gasteiger charge is 2.18. The van der Waals surface area contributed by atoms with E-state index in [1.54, 1.807) is 12.1 Å². The second-order valence-corrected chi connectivity index (χ2v) is 5.07. The molecule has 106 valence electrons. The van der Waals surface area contributed by atoms with E-state index in [-0.39, 0.29) is 5.91 Å². The molecule has 0 atom stereocenters. The van der Waals surface area contributed by atoms with Gasteiger partial charge in [0.15, 0.2) is 5.13 Å². The summed E-state index contributed by atoms with van der Waals surface area (Å²) in [6.45, 7) is 4.68. The van der Waals surface area contributed by atoms with Gasteiger partial charge in [-0.1, -0.05) is 17.4 Å². The molecular weight excluding hydrogens is 276 g/mol. The second kappa shape index (κ2) is 5.87. The van der Waals surface area contributed by atoms with Gasteiger partial charge in [-0.3, -0.25) is 9.69 Å². The number of amides is 3. The van der Waals surface area contributed by atoms with Crippen molar-refractivity contribution in [3.8, 4) is 0 Å². The average Bonchev–Trinajstić information content (AvgIpc) is 2.82. The number of nitrogens with one attached hydrogen (secondary N) is 1. The van der Waals surface area contributed by atoms with Gasteiger partial charge in [-0.15, -0.1) is 0 Å². The van der Waals surface area contributed by atoms with E-state index in [9.17, 15) is 9.59 Å². The van der Waals surface area contributed by atoms with E-state index in [0.29, 0.717) is 29.3 Å². The maximum Gasteiger partial charge on any atom is 0.321 e. The van der Waals surface area contributed by atoms with Crippen molar-refractivity contribution in [3.05, 3.63) is 23.8 Å². The zero-order chi connectivity index (χ0) is 14.7. The Morgan fingerprint density at radius 1 is 1.40 bits per heavy atom.